The van der Waals surface area contributed by atoms with Crippen LogP contribution in [-0.4, -0.2) is 57.8 Å². The molecule has 2 N–H and O–H groups in total. The van der Waals surface area contributed by atoms with Crippen LogP contribution in [0.2, 0.25) is 0 Å². The van der Waals surface area contributed by atoms with Crippen LogP contribution in [0.15, 0.2) is 0 Å². The van der Waals surface area contributed by atoms with Gasteiger partial charge in [-0.25, -0.2) is 0 Å². The van der Waals surface area contributed by atoms with Gasteiger partial charge in [0.05, 0.1) is 36.4 Å². The second kappa shape index (κ2) is 19.9. The van der Waals surface area contributed by atoms with E-state index in [0.717, 1.165) is 38.5 Å². The van der Waals surface area contributed by atoms with Gasteiger partial charge in [0, 0.05) is 0 Å². The minimum absolute atomic E-state index is 0.139. The second-order valence-electron chi connectivity index (χ2n) is 13.0. The van der Waals surface area contributed by atoms with Crippen LogP contribution in [0.3, 0.4) is 0 Å². The molecule has 2 aliphatic heterocycles. The van der Waals surface area contributed by atoms with Crippen molar-refractivity contribution in [2.45, 2.75) is 204 Å². The molecular weight excluding hydrogens is 536 g/mol. The Balaban J connectivity index is 1.62. The van der Waals surface area contributed by atoms with Gasteiger partial charge >= 0.3 is 0 Å². The Kier molecular flexibility index (Phi) is 17.5. The summed E-state index contributed by atoms with van der Waals surface area (Å²) in [4.78, 5) is 23.9. The van der Waals surface area contributed by atoms with Gasteiger partial charge in [0.1, 0.15) is 11.2 Å². The van der Waals surface area contributed by atoms with Crippen molar-refractivity contribution in [3.05, 3.63) is 0 Å². The summed E-state index contributed by atoms with van der Waals surface area (Å²) in [5.41, 5.74) is -5.83. The van der Waals surface area contributed by atoms with Crippen LogP contribution in [0.5, 0.6) is 0 Å². The smallest absolute Gasteiger partial charge is 0.138 e. The summed E-state index contributed by atoms with van der Waals surface area (Å²) >= 11 is 0. The van der Waals surface area contributed by atoms with Gasteiger partial charge in [-0.1, -0.05) is 117 Å². The molecule has 0 bridgehead atoms. The monoisotopic (exact) mass is 596 g/mol. The second-order valence-corrected chi connectivity index (χ2v) is 13.0. The molecule has 0 spiro atoms. The molecule has 2 heterocycles. The van der Waals surface area contributed by atoms with E-state index >= 15 is 0 Å². The number of aliphatic hydroxyl groups is 2. The van der Waals surface area contributed by atoms with Gasteiger partial charge in [-0.05, 0) is 51.4 Å². The van der Waals surface area contributed by atoms with Gasteiger partial charge in [-0.15, -0.1) is 0 Å². The Bertz CT molecular complexity index is 698. The molecule has 246 valence electrons. The molecule has 8 heteroatoms. The van der Waals surface area contributed by atoms with Gasteiger partial charge in [0.15, 0.2) is 0 Å². The van der Waals surface area contributed by atoms with Crippen molar-refractivity contribution >= 4 is 11.9 Å². The first-order valence-corrected chi connectivity index (χ1v) is 17.4. The predicted octanol–water partition coefficient (Wildman–Crippen LogP) is 4.89. The third-order valence-corrected chi connectivity index (χ3v) is 9.47. The molecule has 42 heavy (non-hydrogen) atoms. The van der Waals surface area contributed by atoms with Crippen molar-refractivity contribution in [1.29, 1.82) is 0 Å². The number of carboxylic acids is 2. The fourth-order valence-electron chi connectivity index (χ4n) is 6.39. The normalized spacial score (nSPS) is 24.2. The van der Waals surface area contributed by atoms with E-state index in [2.05, 4.69) is 13.8 Å². The number of carbonyl (C=O) groups is 2. The number of carboxylic acid groups (broad SMARTS) is 2. The van der Waals surface area contributed by atoms with E-state index in [0.29, 0.717) is 12.8 Å². The maximum atomic E-state index is 11.9. The molecule has 0 aromatic heterocycles. The zero-order valence-electron chi connectivity index (χ0n) is 26.6. The van der Waals surface area contributed by atoms with Crippen molar-refractivity contribution in [3.8, 4) is 0 Å². The molecule has 0 aliphatic carbocycles. The molecule has 0 radical (unpaired) electrons. The summed E-state index contributed by atoms with van der Waals surface area (Å²) in [6.45, 7) is 4.43. The minimum atomic E-state index is -2.91. The summed E-state index contributed by atoms with van der Waals surface area (Å²) < 4.78 is 11.5. The fraction of sp³-hybridized carbons (Fsp3) is 0.941. The zero-order valence-corrected chi connectivity index (χ0v) is 26.6. The molecule has 8 nitrogen and oxygen atoms in total. The first kappa shape index (κ1) is 37.0. The van der Waals surface area contributed by atoms with E-state index in [-0.39, 0.29) is 37.3 Å². The first-order chi connectivity index (χ1) is 20.2. The van der Waals surface area contributed by atoms with Crippen LogP contribution in [0.4, 0.5) is 0 Å². The molecule has 2 aliphatic rings. The van der Waals surface area contributed by atoms with Crippen LogP contribution in [0.1, 0.15) is 168 Å². The molecule has 2 rings (SSSR count). The highest BCUT2D eigenvalue weighted by Crippen LogP contribution is 2.36. The van der Waals surface area contributed by atoms with Gasteiger partial charge in [-0.3, -0.25) is 0 Å². The average molecular weight is 597 g/mol. The van der Waals surface area contributed by atoms with Crippen molar-refractivity contribution < 1.29 is 39.5 Å². The molecule has 2 fully saturated rings. The van der Waals surface area contributed by atoms with Gasteiger partial charge in [0.25, 0.3) is 0 Å². The highest BCUT2D eigenvalue weighted by molar-refractivity contribution is 5.88. The van der Waals surface area contributed by atoms with E-state index in [1.165, 1.54) is 77.0 Å². The Morgan fingerprint density at radius 1 is 0.500 bits per heavy atom. The molecular formula is C34H60O8-2. The molecule has 2 saturated heterocycles. The molecule has 0 saturated carbocycles. The van der Waals surface area contributed by atoms with Crippen molar-refractivity contribution in [2.24, 2.45) is 0 Å². The third kappa shape index (κ3) is 12.8. The number of aliphatic carboxylic acids is 2. The van der Waals surface area contributed by atoms with Crippen LogP contribution in [-0.2, 0) is 19.1 Å². The van der Waals surface area contributed by atoms with Crippen molar-refractivity contribution in [2.75, 3.05) is 0 Å². The number of carbonyl (C=O) groups excluding carboxylic acids is 2. The Hall–Kier alpha value is -1.22. The number of unbranched alkanes of at least 4 members (excludes halogenated alkanes) is 14. The van der Waals surface area contributed by atoms with E-state index in [4.69, 9.17) is 9.47 Å². The molecule has 0 aromatic rings. The quantitative estimate of drug-likeness (QED) is 0.0917. The SMILES string of the molecule is CCCCCCCCCC1OC1CCCCC(O)(C(=O)[O-])C(O)(CCCCC1OC1CCCCCCCCC)C(=O)[O-]. The number of hydrogen-bond acceptors (Lipinski definition) is 8. The van der Waals surface area contributed by atoms with E-state index in [1.807, 2.05) is 0 Å². The molecule has 0 aromatic carbocycles. The third-order valence-electron chi connectivity index (χ3n) is 9.47. The lowest BCUT2D eigenvalue weighted by Gasteiger charge is -2.45. The standard InChI is InChI=1S/C34H62O8/c1-3-5-7-9-11-13-15-21-27-29(41-27)23-17-19-25-33(39,31(35)36)34(40,32(37)38)26-20-18-24-30-28(42-30)22-16-14-12-10-8-6-4-2/h27-30,39-40H,3-26H2,1-2H3,(H,35,36)(H,37,38)/p-2. The van der Waals surface area contributed by atoms with Crippen LogP contribution < -0.4 is 10.2 Å². The van der Waals surface area contributed by atoms with Crippen molar-refractivity contribution in [3.63, 3.8) is 0 Å². The predicted molar refractivity (Wildman–Crippen MR) is 159 cm³/mol. The average Bonchev–Trinajstić information content (AvgIpc) is 3.89. The Morgan fingerprint density at radius 2 is 0.762 bits per heavy atom. The number of rotatable bonds is 29. The van der Waals surface area contributed by atoms with E-state index in [9.17, 15) is 30.0 Å². The first-order valence-electron chi connectivity index (χ1n) is 17.4. The topological polar surface area (TPSA) is 146 Å². The summed E-state index contributed by atoms with van der Waals surface area (Å²) in [6.07, 6.45) is 22.5. The molecule has 6 unspecified atom stereocenters. The fourth-order valence-corrected chi connectivity index (χ4v) is 6.39. The summed E-state index contributed by atoms with van der Waals surface area (Å²) in [5, 5.41) is 45.6. The Morgan fingerprint density at radius 3 is 1.05 bits per heavy atom. The summed E-state index contributed by atoms with van der Waals surface area (Å²) in [6, 6.07) is 0. The van der Waals surface area contributed by atoms with Gasteiger partial charge in [0.2, 0.25) is 0 Å². The maximum Gasteiger partial charge on any atom is 0.138 e. The highest BCUT2D eigenvalue weighted by Gasteiger charge is 2.51. The van der Waals surface area contributed by atoms with E-state index < -0.39 is 36.0 Å². The number of epoxide rings is 2. The zero-order chi connectivity index (χ0) is 30.8. The largest absolute Gasteiger partial charge is 0.547 e. The lowest BCUT2D eigenvalue weighted by atomic mass is 9.75. The maximum absolute atomic E-state index is 11.9. The molecule has 0 amide bonds. The highest BCUT2D eigenvalue weighted by atomic mass is 16.6. The van der Waals surface area contributed by atoms with Crippen LogP contribution >= 0.6 is 0 Å². The summed E-state index contributed by atoms with van der Waals surface area (Å²) in [5.74, 6) is -3.96. The van der Waals surface area contributed by atoms with Gasteiger partial charge < -0.3 is 39.5 Å². The van der Waals surface area contributed by atoms with Crippen molar-refractivity contribution in [1.82, 2.24) is 0 Å². The number of ether oxygens (including phenoxy) is 2. The van der Waals surface area contributed by atoms with Gasteiger partial charge in [-0.2, -0.15) is 0 Å². The minimum Gasteiger partial charge on any atom is -0.547 e. The number of hydrogen-bond donors (Lipinski definition) is 2. The Labute approximate surface area is 254 Å². The molecule has 6 atom stereocenters. The lowest BCUT2D eigenvalue weighted by Crippen LogP contribution is -2.70. The summed E-state index contributed by atoms with van der Waals surface area (Å²) in [7, 11) is 0. The lowest BCUT2D eigenvalue weighted by molar-refractivity contribution is -0.359. The van der Waals surface area contributed by atoms with Crippen LogP contribution in [0.25, 0.3) is 0 Å². The van der Waals surface area contributed by atoms with Crippen LogP contribution in [0, 0.1) is 0 Å². The van der Waals surface area contributed by atoms with E-state index in [1.54, 1.807) is 0 Å².